The quantitative estimate of drug-likeness (QED) is 0.576. The predicted octanol–water partition coefficient (Wildman–Crippen LogP) is 0.906. The van der Waals surface area contributed by atoms with E-state index in [1.54, 1.807) is 7.11 Å². The summed E-state index contributed by atoms with van der Waals surface area (Å²) in [5.41, 5.74) is 0. The third-order valence-electron chi connectivity index (χ3n) is 2.28. The maximum absolute atomic E-state index is 10.8. The van der Waals surface area contributed by atoms with Gasteiger partial charge in [-0.2, -0.15) is 0 Å². The van der Waals surface area contributed by atoms with Crippen LogP contribution in [0, 0.1) is 0 Å². The first-order chi connectivity index (χ1) is 6.61. The molecule has 0 aliphatic heterocycles. The van der Waals surface area contributed by atoms with Crippen molar-refractivity contribution in [1.82, 2.24) is 4.90 Å². The molecular formula is C10H21NO3. The van der Waals surface area contributed by atoms with Crippen LogP contribution in [0.2, 0.25) is 0 Å². The Morgan fingerprint density at radius 2 is 2.07 bits per heavy atom. The summed E-state index contributed by atoms with van der Waals surface area (Å²) in [6.07, 6.45) is 1.32. The van der Waals surface area contributed by atoms with Crippen molar-refractivity contribution in [3.63, 3.8) is 0 Å². The zero-order chi connectivity index (χ0) is 11.0. The molecule has 0 aliphatic carbocycles. The Balaban J connectivity index is 3.52. The molecular weight excluding hydrogens is 182 g/mol. The smallest absolute Gasteiger partial charge is 0.305 e. The number of nitrogens with zero attached hydrogens (tertiary/aromatic N) is 1. The zero-order valence-corrected chi connectivity index (χ0v) is 9.58. The summed E-state index contributed by atoms with van der Waals surface area (Å²) >= 11 is 0. The van der Waals surface area contributed by atoms with E-state index in [-0.39, 0.29) is 5.97 Å². The Hall–Kier alpha value is -0.610. The van der Waals surface area contributed by atoms with Crippen LogP contribution in [-0.2, 0) is 14.3 Å². The van der Waals surface area contributed by atoms with Gasteiger partial charge in [-0.1, -0.05) is 0 Å². The highest BCUT2D eigenvalue weighted by Gasteiger charge is 2.09. The molecule has 0 rings (SSSR count). The van der Waals surface area contributed by atoms with Crippen molar-refractivity contribution in [2.24, 2.45) is 0 Å². The molecule has 0 N–H and O–H groups in total. The van der Waals surface area contributed by atoms with Gasteiger partial charge in [-0.3, -0.25) is 4.79 Å². The summed E-state index contributed by atoms with van der Waals surface area (Å²) in [5.74, 6) is -0.141. The Morgan fingerprint density at radius 1 is 1.43 bits per heavy atom. The number of likely N-dealkylation sites (N-methyl/N-ethyl adjacent to an activating group) is 1. The van der Waals surface area contributed by atoms with Gasteiger partial charge >= 0.3 is 5.97 Å². The molecule has 1 unspecified atom stereocenters. The molecule has 14 heavy (non-hydrogen) atoms. The van der Waals surface area contributed by atoms with Crippen LogP contribution >= 0.6 is 0 Å². The first-order valence-corrected chi connectivity index (χ1v) is 4.87. The van der Waals surface area contributed by atoms with Gasteiger partial charge in [-0.25, -0.2) is 0 Å². The molecule has 0 aromatic heterocycles. The van der Waals surface area contributed by atoms with E-state index in [1.807, 2.05) is 7.05 Å². The van der Waals surface area contributed by atoms with Crippen LogP contribution in [0.1, 0.15) is 19.8 Å². The molecule has 1 atom stereocenters. The number of carbonyl (C=O) groups is 1. The fraction of sp³-hybridized carbons (Fsp3) is 0.900. The molecule has 0 saturated carbocycles. The summed E-state index contributed by atoms with van der Waals surface area (Å²) in [7, 11) is 5.14. The number of ether oxygens (including phenoxy) is 2. The topological polar surface area (TPSA) is 38.8 Å². The highest BCUT2D eigenvalue weighted by atomic mass is 16.5. The van der Waals surface area contributed by atoms with Crippen LogP contribution in [0.3, 0.4) is 0 Å². The van der Waals surface area contributed by atoms with E-state index in [9.17, 15) is 4.79 Å². The first-order valence-electron chi connectivity index (χ1n) is 4.87. The van der Waals surface area contributed by atoms with Crippen LogP contribution in [0.5, 0.6) is 0 Å². The van der Waals surface area contributed by atoms with Crippen molar-refractivity contribution in [2.75, 3.05) is 34.4 Å². The molecule has 0 saturated heterocycles. The molecule has 0 fully saturated rings. The second kappa shape index (κ2) is 7.76. The van der Waals surface area contributed by atoms with Crippen LogP contribution in [0.4, 0.5) is 0 Å². The molecule has 0 spiro atoms. The maximum Gasteiger partial charge on any atom is 0.305 e. The van der Waals surface area contributed by atoms with E-state index in [2.05, 4.69) is 16.6 Å². The van der Waals surface area contributed by atoms with E-state index in [1.165, 1.54) is 7.11 Å². The van der Waals surface area contributed by atoms with E-state index in [4.69, 9.17) is 4.74 Å². The highest BCUT2D eigenvalue weighted by Crippen LogP contribution is 2.00. The van der Waals surface area contributed by atoms with Gasteiger partial charge in [0.25, 0.3) is 0 Å². The minimum absolute atomic E-state index is 0.141. The van der Waals surface area contributed by atoms with Gasteiger partial charge < -0.3 is 14.4 Å². The Bertz CT molecular complexity index is 161. The number of hydrogen-bond donors (Lipinski definition) is 0. The second-order valence-corrected chi connectivity index (χ2v) is 3.46. The fourth-order valence-corrected chi connectivity index (χ4v) is 1.16. The number of esters is 1. The SMILES string of the molecule is COCC(C)N(C)CCCC(=O)OC. The third-order valence-corrected chi connectivity index (χ3v) is 2.28. The molecule has 0 amide bonds. The normalized spacial score (nSPS) is 12.9. The minimum atomic E-state index is -0.141. The number of hydrogen-bond acceptors (Lipinski definition) is 4. The number of rotatable bonds is 7. The number of methoxy groups -OCH3 is 2. The third kappa shape index (κ3) is 5.94. The Kier molecular flexibility index (Phi) is 7.42. The van der Waals surface area contributed by atoms with Gasteiger partial charge in [0.2, 0.25) is 0 Å². The van der Waals surface area contributed by atoms with Crippen LogP contribution in [0.25, 0.3) is 0 Å². The van der Waals surface area contributed by atoms with E-state index in [0.717, 1.165) is 13.0 Å². The lowest BCUT2D eigenvalue weighted by Crippen LogP contribution is -2.33. The molecule has 0 aromatic rings. The molecule has 0 radical (unpaired) electrons. The average molecular weight is 203 g/mol. The van der Waals surface area contributed by atoms with Crippen molar-refractivity contribution < 1.29 is 14.3 Å². The summed E-state index contributed by atoms with van der Waals surface area (Å²) in [6.45, 7) is 3.70. The van der Waals surface area contributed by atoms with Crippen molar-refractivity contribution in [1.29, 1.82) is 0 Å². The first kappa shape index (κ1) is 13.4. The minimum Gasteiger partial charge on any atom is -0.469 e. The van der Waals surface area contributed by atoms with Gasteiger partial charge in [0.15, 0.2) is 0 Å². The monoisotopic (exact) mass is 203 g/mol. The molecule has 0 heterocycles. The highest BCUT2D eigenvalue weighted by molar-refractivity contribution is 5.69. The Morgan fingerprint density at radius 3 is 2.57 bits per heavy atom. The lowest BCUT2D eigenvalue weighted by molar-refractivity contribution is -0.140. The van der Waals surface area contributed by atoms with Gasteiger partial charge in [0.1, 0.15) is 0 Å². The van der Waals surface area contributed by atoms with Crippen molar-refractivity contribution in [3.05, 3.63) is 0 Å². The van der Waals surface area contributed by atoms with Gasteiger partial charge in [0, 0.05) is 19.6 Å². The van der Waals surface area contributed by atoms with E-state index in [0.29, 0.717) is 19.1 Å². The summed E-state index contributed by atoms with van der Waals surface area (Å²) in [6, 6.07) is 0.387. The standard InChI is InChI=1S/C10H21NO3/c1-9(8-13-3)11(2)7-5-6-10(12)14-4/h9H,5-8H2,1-4H3. The summed E-state index contributed by atoms with van der Waals surface area (Å²) < 4.78 is 9.60. The molecule has 0 aromatic carbocycles. The largest absolute Gasteiger partial charge is 0.469 e. The molecule has 4 nitrogen and oxygen atoms in total. The van der Waals surface area contributed by atoms with Gasteiger partial charge in [0.05, 0.1) is 13.7 Å². The van der Waals surface area contributed by atoms with Crippen LogP contribution in [0.15, 0.2) is 0 Å². The predicted molar refractivity (Wildman–Crippen MR) is 55.2 cm³/mol. The van der Waals surface area contributed by atoms with Crippen molar-refractivity contribution in [3.8, 4) is 0 Å². The molecule has 0 aliphatic rings. The van der Waals surface area contributed by atoms with Crippen LogP contribution in [-0.4, -0.2) is 51.3 Å². The molecule has 84 valence electrons. The van der Waals surface area contributed by atoms with Crippen molar-refractivity contribution >= 4 is 5.97 Å². The van der Waals surface area contributed by atoms with Gasteiger partial charge in [-0.15, -0.1) is 0 Å². The Labute approximate surface area is 86.2 Å². The summed E-state index contributed by atoms with van der Waals surface area (Å²) in [4.78, 5) is 13.0. The molecule has 0 bridgehead atoms. The van der Waals surface area contributed by atoms with E-state index < -0.39 is 0 Å². The number of carbonyl (C=O) groups excluding carboxylic acids is 1. The molecule has 4 heteroatoms. The second-order valence-electron chi connectivity index (χ2n) is 3.46. The van der Waals surface area contributed by atoms with Crippen LogP contribution < -0.4 is 0 Å². The lowest BCUT2D eigenvalue weighted by Gasteiger charge is -2.23. The van der Waals surface area contributed by atoms with Gasteiger partial charge in [-0.05, 0) is 26.9 Å². The fourth-order valence-electron chi connectivity index (χ4n) is 1.16. The van der Waals surface area contributed by atoms with Crippen molar-refractivity contribution in [2.45, 2.75) is 25.8 Å². The maximum atomic E-state index is 10.8. The zero-order valence-electron chi connectivity index (χ0n) is 9.58. The van der Waals surface area contributed by atoms with E-state index >= 15 is 0 Å². The average Bonchev–Trinajstić information content (AvgIpc) is 2.17. The summed E-state index contributed by atoms with van der Waals surface area (Å²) in [5, 5.41) is 0. The lowest BCUT2D eigenvalue weighted by atomic mass is 10.2.